The molecule has 0 spiro atoms. The molecular weight excluding hydrogens is 622 g/mol. The van der Waals surface area contributed by atoms with Crippen molar-refractivity contribution in [3.8, 4) is 45.4 Å². The molecule has 244 valence electrons. The summed E-state index contributed by atoms with van der Waals surface area (Å²) in [7, 11) is 3.29. The van der Waals surface area contributed by atoms with Crippen molar-refractivity contribution < 1.29 is 28.5 Å². The van der Waals surface area contributed by atoms with Crippen molar-refractivity contribution in [2.45, 2.75) is 13.2 Å². The number of fused-ring (bicyclic) bond motifs is 1. The van der Waals surface area contributed by atoms with E-state index in [9.17, 15) is 9.90 Å². The maximum Gasteiger partial charge on any atom is 0.256 e. The molecule has 1 amide bonds. The van der Waals surface area contributed by atoms with E-state index in [1.807, 2.05) is 60.7 Å². The number of carbonyl (C=O) groups is 1. The number of benzene rings is 4. The molecular formula is C38H31N5O6. The molecule has 49 heavy (non-hydrogen) atoms. The second-order valence-electron chi connectivity index (χ2n) is 11.0. The average Bonchev–Trinajstić information content (AvgIpc) is 3.75. The topological polar surface area (TPSA) is 134 Å². The highest BCUT2D eigenvalue weighted by Gasteiger charge is 2.19. The SMILES string of the molecule is COc1ccc(-c2ccc(COCc3oc(-n4cnc5c(NC(=O)c6ccccc6)ncnc54)cc3O)c(-c3ccc(OC)cc3)c2)cc1. The Kier molecular flexibility index (Phi) is 8.72. The zero-order valence-corrected chi connectivity index (χ0v) is 26.7. The van der Waals surface area contributed by atoms with Crippen LogP contribution in [0.2, 0.25) is 0 Å². The van der Waals surface area contributed by atoms with E-state index in [0.717, 1.165) is 39.3 Å². The van der Waals surface area contributed by atoms with Crippen LogP contribution in [-0.4, -0.2) is 44.8 Å². The fraction of sp³-hybridized carbons (Fsp3) is 0.105. The standard InChI is InChI=1S/C38H31N5O6/c1-46-29-14-10-24(11-15-29)27-8-9-28(31(18-27)25-12-16-30(47-2)17-13-25)20-48-21-33-32(44)19-34(49-33)43-23-41-35-36(39-22-40-37(35)43)42-38(45)26-6-4-3-5-7-26/h3-19,22-23,44H,20-21H2,1-2H3,(H,39,40,42,45). The third-order valence-corrected chi connectivity index (χ3v) is 8.04. The lowest BCUT2D eigenvalue weighted by Crippen LogP contribution is -2.13. The molecule has 0 radical (unpaired) electrons. The highest BCUT2D eigenvalue weighted by atomic mass is 16.5. The van der Waals surface area contributed by atoms with Crippen molar-refractivity contribution in [1.29, 1.82) is 0 Å². The first-order chi connectivity index (χ1) is 24.0. The Bertz CT molecular complexity index is 2230. The van der Waals surface area contributed by atoms with Crippen LogP contribution in [0.5, 0.6) is 17.2 Å². The van der Waals surface area contributed by atoms with Crippen LogP contribution in [0.25, 0.3) is 39.3 Å². The molecule has 3 aromatic heterocycles. The Morgan fingerprint density at radius 3 is 2.20 bits per heavy atom. The number of aromatic nitrogens is 4. The summed E-state index contributed by atoms with van der Waals surface area (Å²) in [6.45, 7) is 0.263. The van der Waals surface area contributed by atoms with Gasteiger partial charge in [-0.2, -0.15) is 0 Å². The number of amides is 1. The first-order valence-corrected chi connectivity index (χ1v) is 15.4. The zero-order chi connectivity index (χ0) is 33.7. The quantitative estimate of drug-likeness (QED) is 0.146. The number of carbonyl (C=O) groups excluding carboxylic acids is 1. The second kappa shape index (κ2) is 13.7. The van der Waals surface area contributed by atoms with Crippen LogP contribution in [0.15, 0.2) is 120 Å². The van der Waals surface area contributed by atoms with E-state index < -0.39 is 0 Å². The van der Waals surface area contributed by atoms with E-state index in [0.29, 0.717) is 16.7 Å². The molecule has 7 rings (SSSR count). The van der Waals surface area contributed by atoms with Gasteiger partial charge >= 0.3 is 0 Å². The van der Waals surface area contributed by atoms with Crippen molar-refractivity contribution in [1.82, 2.24) is 19.5 Å². The largest absolute Gasteiger partial charge is 0.504 e. The minimum atomic E-state index is -0.323. The number of hydrogen-bond acceptors (Lipinski definition) is 9. The molecule has 0 unspecified atom stereocenters. The summed E-state index contributed by atoms with van der Waals surface area (Å²) in [6, 6.07) is 32.3. The van der Waals surface area contributed by atoms with Gasteiger partial charge in [-0.05, 0) is 70.3 Å². The molecule has 0 saturated heterocycles. The summed E-state index contributed by atoms with van der Waals surface area (Å²) in [5, 5.41) is 13.6. The Morgan fingerprint density at radius 1 is 0.796 bits per heavy atom. The molecule has 2 N–H and O–H groups in total. The highest BCUT2D eigenvalue weighted by molar-refractivity contribution is 6.06. The number of nitrogens with zero attached hydrogens (tertiary/aromatic N) is 4. The fourth-order valence-electron chi connectivity index (χ4n) is 5.44. The summed E-state index contributed by atoms with van der Waals surface area (Å²) in [4.78, 5) is 25.7. The highest BCUT2D eigenvalue weighted by Crippen LogP contribution is 2.33. The number of nitrogens with one attached hydrogen (secondary N) is 1. The van der Waals surface area contributed by atoms with E-state index in [2.05, 4.69) is 32.4 Å². The third-order valence-electron chi connectivity index (χ3n) is 8.04. The van der Waals surface area contributed by atoms with Gasteiger partial charge in [-0.3, -0.25) is 9.36 Å². The number of methoxy groups -OCH3 is 2. The van der Waals surface area contributed by atoms with Crippen molar-refractivity contribution in [3.63, 3.8) is 0 Å². The first kappa shape index (κ1) is 31.2. The Labute approximate surface area is 281 Å². The maximum absolute atomic E-state index is 12.7. The second-order valence-corrected chi connectivity index (χ2v) is 11.0. The molecule has 11 nitrogen and oxygen atoms in total. The van der Waals surface area contributed by atoms with Crippen LogP contribution >= 0.6 is 0 Å². The zero-order valence-electron chi connectivity index (χ0n) is 26.7. The number of hydrogen-bond donors (Lipinski definition) is 2. The summed E-state index contributed by atoms with van der Waals surface area (Å²) in [6.07, 6.45) is 2.82. The van der Waals surface area contributed by atoms with E-state index in [4.69, 9.17) is 18.6 Å². The van der Waals surface area contributed by atoms with E-state index in [-0.39, 0.29) is 42.3 Å². The number of anilines is 1. The van der Waals surface area contributed by atoms with Gasteiger partial charge in [-0.1, -0.05) is 54.6 Å². The normalized spacial score (nSPS) is 11.1. The molecule has 4 aromatic carbocycles. The molecule has 3 heterocycles. The van der Waals surface area contributed by atoms with Gasteiger partial charge in [-0.15, -0.1) is 0 Å². The molecule has 0 atom stereocenters. The lowest BCUT2D eigenvalue weighted by atomic mass is 9.94. The smallest absolute Gasteiger partial charge is 0.256 e. The Balaban J connectivity index is 1.10. The molecule has 0 aliphatic carbocycles. The van der Waals surface area contributed by atoms with Crippen LogP contribution in [0.3, 0.4) is 0 Å². The Hall–Kier alpha value is -6.46. The lowest BCUT2D eigenvalue weighted by molar-refractivity contribution is 0.0910. The number of imidazole rings is 1. The lowest BCUT2D eigenvalue weighted by Gasteiger charge is -2.14. The number of aromatic hydroxyl groups is 1. The molecule has 11 heteroatoms. The molecule has 7 aromatic rings. The van der Waals surface area contributed by atoms with Crippen LogP contribution in [0, 0.1) is 0 Å². The predicted molar refractivity (Wildman–Crippen MR) is 184 cm³/mol. The minimum Gasteiger partial charge on any atom is -0.504 e. The number of rotatable bonds is 11. The van der Waals surface area contributed by atoms with Gasteiger partial charge in [0.2, 0.25) is 5.88 Å². The van der Waals surface area contributed by atoms with E-state index >= 15 is 0 Å². The summed E-state index contributed by atoms with van der Waals surface area (Å²) in [5.74, 6) is 1.93. The van der Waals surface area contributed by atoms with Crippen LogP contribution in [-0.2, 0) is 18.0 Å². The molecule has 0 saturated carbocycles. The molecule has 0 bridgehead atoms. The van der Waals surface area contributed by atoms with Crippen molar-refractivity contribution in [2.24, 2.45) is 0 Å². The van der Waals surface area contributed by atoms with Gasteiger partial charge in [0.1, 0.15) is 30.8 Å². The van der Waals surface area contributed by atoms with Crippen LogP contribution in [0.4, 0.5) is 5.82 Å². The maximum atomic E-state index is 12.7. The van der Waals surface area contributed by atoms with Gasteiger partial charge in [0, 0.05) is 11.6 Å². The summed E-state index contributed by atoms with van der Waals surface area (Å²) in [5.41, 5.74) is 6.30. The van der Waals surface area contributed by atoms with Gasteiger partial charge in [0.05, 0.1) is 20.8 Å². The Morgan fingerprint density at radius 2 is 1.49 bits per heavy atom. The van der Waals surface area contributed by atoms with Gasteiger partial charge < -0.3 is 29.1 Å². The monoisotopic (exact) mass is 653 g/mol. The minimum absolute atomic E-state index is 0.00805. The molecule has 0 aliphatic rings. The van der Waals surface area contributed by atoms with Gasteiger partial charge in [0.25, 0.3) is 5.91 Å². The predicted octanol–water partition coefficient (Wildman–Crippen LogP) is 7.43. The summed E-state index contributed by atoms with van der Waals surface area (Å²) >= 11 is 0. The van der Waals surface area contributed by atoms with E-state index in [1.54, 1.807) is 43.1 Å². The molecule has 0 fully saturated rings. The van der Waals surface area contributed by atoms with Gasteiger partial charge in [0.15, 0.2) is 28.5 Å². The van der Waals surface area contributed by atoms with Crippen molar-refractivity contribution >= 4 is 22.9 Å². The van der Waals surface area contributed by atoms with Gasteiger partial charge in [-0.25, -0.2) is 15.0 Å². The van der Waals surface area contributed by atoms with Crippen LogP contribution < -0.4 is 14.8 Å². The van der Waals surface area contributed by atoms with Crippen LogP contribution in [0.1, 0.15) is 21.7 Å². The fourth-order valence-corrected chi connectivity index (χ4v) is 5.44. The average molecular weight is 654 g/mol. The molecule has 0 aliphatic heterocycles. The third kappa shape index (κ3) is 6.55. The summed E-state index contributed by atoms with van der Waals surface area (Å²) < 4.78 is 24.4. The number of furan rings is 1. The first-order valence-electron chi connectivity index (χ1n) is 15.4. The van der Waals surface area contributed by atoms with E-state index in [1.165, 1.54) is 18.7 Å². The van der Waals surface area contributed by atoms with Crippen molar-refractivity contribution in [2.75, 3.05) is 19.5 Å². The number of ether oxygens (including phenoxy) is 3. The van der Waals surface area contributed by atoms with Crippen molar-refractivity contribution in [3.05, 3.63) is 133 Å².